The van der Waals surface area contributed by atoms with Crippen LogP contribution in [0, 0.1) is 11.8 Å². The molecule has 0 aliphatic heterocycles. The second-order valence-corrected chi connectivity index (χ2v) is 4.17. The summed E-state index contributed by atoms with van der Waals surface area (Å²) < 4.78 is 0.970. The van der Waals surface area contributed by atoms with E-state index < -0.39 is 0 Å². The van der Waals surface area contributed by atoms with Crippen molar-refractivity contribution < 1.29 is 0 Å². The van der Waals surface area contributed by atoms with Crippen molar-refractivity contribution in [3.05, 3.63) is 33.3 Å². The van der Waals surface area contributed by atoms with E-state index in [0.717, 1.165) is 22.2 Å². The Morgan fingerprint density at radius 2 is 2.23 bits per heavy atom. The lowest BCUT2D eigenvalue weighted by atomic mass is 10.2. The van der Waals surface area contributed by atoms with E-state index in [0.29, 0.717) is 5.02 Å². The molecule has 0 unspecified atom stereocenters. The first-order chi connectivity index (χ1) is 6.24. The summed E-state index contributed by atoms with van der Waals surface area (Å²) in [4.78, 5) is 0. The Labute approximate surface area is 97.2 Å². The minimum atomic E-state index is 0.682. The van der Waals surface area contributed by atoms with Gasteiger partial charge in [-0.3, -0.25) is 0 Å². The highest BCUT2D eigenvalue weighted by Crippen LogP contribution is 2.20. The summed E-state index contributed by atoms with van der Waals surface area (Å²) in [5.74, 6) is 6.75. The third-order valence-corrected chi connectivity index (χ3v) is 2.42. The van der Waals surface area contributed by atoms with Crippen LogP contribution in [-0.4, -0.2) is 5.75 Å². The summed E-state index contributed by atoms with van der Waals surface area (Å²) in [5.41, 5.74) is 0.867. The van der Waals surface area contributed by atoms with Crippen LogP contribution in [0.15, 0.2) is 22.7 Å². The molecule has 13 heavy (non-hydrogen) atoms. The van der Waals surface area contributed by atoms with Crippen LogP contribution >= 0.6 is 40.2 Å². The summed E-state index contributed by atoms with van der Waals surface area (Å²) >= 11 is 13.4. The summed E-state index contributed by atoms with van der Waals surface area (Å²) in [6.07, 6.45) is 0.787. The second-order valence-electron chi connectivity index (χ2n) is 2.40. The highest BCUT2D eigenvalue weighted by molar-refractivity contribution is 9.10. The molecule has 0 bridgehead atoms. The number of hydrogen-bond donors (Lipinski definition) is 1. The minimum absolute atomic E-state index is 0.682. The lowest BCUT2D eigenvalue weighted by molar-refractivity contribution is 1.31. The van der Waals surface area contributed by atoms with Crippen LogP contribution < -0.4 is 0 Å². The fourth-order valence-electron chi connectivity index (χ4n) is 0.804. The molecule has 0 aliphatic carbocycles. The fourth-order valence-corrected chi connectivity index (χ4v) is 1.64. The largest absolute Gasteiger partial charge is 0.178 e. The molecule has 0 fully saturated rings. The van der Waals surface area contributed by atoms with E-state index in [9.17, 15) is 0 Å². The zero-order valence-corrected chi connectivity index (χ0v) is 10.1. The Balaban J connectivity index is 2.85. The van der Waals surface area contributed by atoms with Crippen molar-refractivity contribution in [1.82, 2.24) is 0 Å². The lowest BCUT2D eigenvalue weighted by Crippen LogP contribution is -1.77. The average molecular weight is 276 g/mol. The third-order valence-electron chi connectivity index (χ3n) is 1.39. The van der Waals surface area contributed by atoms with Gasteiger partial charge >= 0.3 is 0 Å². The molecule has 0 amide bonds. The van der Waals surface area contributed by atoms with E-state index in [1.807, 2.05) is 18.2 Å². The fraction of sp³-hybridized carbons (Fsp3) is 0.200. The predicted molar refractivity (Wildman–Crippen MR) is 64.5 cm³/mol. The van der Waals surface area contributed by atoms with Gasteiger partial charge in [0.15, 0.2) is 0 Å². The van der Waals surface area contributed by atoms with Crippen molar-refractivity contribution in [3.63, 3.8) is 0 Å². The van der Waals surface area contributed by atoms with Crippen molar-refractivity contribution in [3.8, 4) is 11.8 Å². The Bertz CT molecular complexity index is 352. The van der Waals surface area contributed by atoms with E-state index in [4.69, 9.17) is 11.6 Å². The lowest BCUT2D eigenvalue weighted by Gasteiger charge is -1.95. The van der Waals surface area contributed by atoms with Crippen molar-refractivity contribution in [1.29, 1.82) is 0 Å². The monoisotopic (exact) mass is 274 g/mol. The molecule has 0 atom stereocenters. The van der Waals surface area contributed by atoms with Crippen LogP contribution in [0.25, 0.3) is 0 Å². The molecule has 0 spiro atoms. The van der Waals surface area contributed by atoms with E-state index in [1.165, 1.54) is 0 Å². The van der Waals surface area contributed by atoms with E-state index in [-0.39, 0.29) is 0 Å². The van der Waals surface area contributed by atoms with Gasteiger partial charge in [0.05, 0.1) is 5.02 Å². The van der Waals surface area contributed by atoms with E-state index >= 15 is 0 Å². The number of halogens is 2. The minimum Gasteiger partial charge on any atom is -0.178 e. The molecule has 0 saturated heterocycles. The zero-order chi connectivity index (χ0) is 9.68. The summed E-state index contributed by atoms with van der Waals surface area (Å²) in [6.45, 7) is 0. The van der Waals surface area contributed by atoms with Crippen LogP contribution in [0.3, 0.4) is 0 Å². The van der Waals surface area contributed by atoms with Crippen LogP contribution in [0.1, 0.15) is 12.0 Å². The second kappa shape index (κ2) is 5.59. The van der Waals surface area contributed by atoms with Crippen molar-refractivity contribution in [2.24, 2.45) is 0 Å². The van der Waals surface area contributed by atoms with Crippen LogP contribution in [0.5, 0.6) is 0 Å². The van der Waals surface area contributed by atoms with Gasteiger partial charge in [0.1, 0.15) is 0 Å². The molecule has 0 heterocycles. The van der Waals surface area contributed by atoms with Crippen molar-refractivity contribution in [2.45, 2.75) is 6.42 Å². The molecule has 1 aromatic rings. The Morgan fingerprint density at radius 1 is 1.46 bits per heavy atom. The molecular weight excluding hydrogens is 268 g/mol. The average Bonchev–Trinajstić information content (AvgIpc) is 2.09. The molecule has 0 aromatic heterocycles. The molecule has 0 radical (unpaired) electrons. The standard InChI is InChI=1S/C10H8BrClS/c11-9-5-4-8(10(12)7-9)3-1-2-6-13/h4-5,7,13H,2,6H2. The molecule has 0 nitrogen and oxygen atoms in total. The van der Waals surface area contributed by atoms with E-state index in [1.54, 1.807) is 0 Å². The SMILES string of the molecule is SCCC#Cc1ccc(Br)cc1Cl. The molecule has 1 rings (SSSR count). The predicted octanol–water partition coefficient (Wildman–Crippen LogP) is 3.77. The number of benzene rings is 1. The van der Waals surface area contributed by atoms with Gasteiger partial charge < -0.3 is 0 Å². The van der Waals surface area contributed by atoms with Gasteiger partial charge in [0.25, 0.3) is 0 Å². The Hall–Kier alpha value is -0.100. The maximum absolute atomic E-state index is 5.96. The normalized spacial score (nSPS) is 9.15. The molecule has 0 saturated carbocycles. The van der Waals surface area contributed by atoms with Crippen LogP contribution in [0.2, 0.25) is 5.02 Å². The number of thiol groups is 1. The highest BCUT2D eigenvalue weighted by Gasteiger charge is 1.96. The topological polar surface area (TPSA) is 0 Å². The summed E-state index contributed by atoms with van der Waals surface area (Å²) in [6, 6.07) is 5.67. The molecule has 3 heteroatoms. The zero-order valence-electron chi connectivity index (χ0n) is 6.85. The molecule has 1 aromatic carbocycles. The molecule has 0 N–H and O–H groups in total. The first kappa shape index (κ1) is 11.0. The first-order valence-electron chi connectivity index (χ1n) is 3.79. The third kappa shape index (κ3) is 3.64. The quantitative estimate of drug-likeness (QED) is 0.585. The van der Waals surface area contributed by atoms with Crippen molar-refractivity contribution in [2.75, 3.05) is 5.75 Å². The summed E-state index contributed by atoms with van der Waals surface area (Å²) in [5, 5.41) is 0.682. The van der Waals surface area contributed by atoms with Gasteiger partial charge in [-0.15, -0.1) is 0 Å². The first-order valence-corrected chi connectivity index (χ1v) is 5.59. The van der Waals surface area contributed by atoms with Crippen LogP contribution in [0.4, 0.5) is 0 Å². The van der Waals surface area contributed by atoms with E-state index in [2.05, 4.69) is 40.4 Å². The van der Waals surface area contributed by atoms with Crippen molar-refractivity contribution >= 4 is 40.2 Å². The van der Waals surface area contributed by atoms with Gasteiger partial charge in [-0.25, -0.2) is 0 Å². The number of rotatable bonds is 1. The smallest absolute Gasteiger partial charge is 0.0573 e. The Morgan fingerprint density at radius 3 is 2.85 bits per heavy atom. The highest BCUT2D eigenvalue weighted by atomic mass is 79.9. The number of hydrogen-bond acceptors (Lipinski definition) is 1. The van der Waals surface area contributed by atoms with Gasteiger partial charge in [-0.05, 0) is 18.2 Å². The maximum Gasteiger partial charge on any atom is 0.0573 e. The van der Waals surface area contributed by atoms with Gasteiger partial charge in [-0.1, -0.05) is 39.4 Å². The maximum atomic E-state index is 5.96. The summed E-state index contributed by atoms with van der Waals surface area (Å²) in [7, 11) is 0. The Kier molecular flexibility index (Phi) is 4.72. The van der Waals surface area contributed by atoms with Gasteiger partial charge in [0, 0.05) is 22.2 Å². The van der Waals surface area contributed by atoms with Gasteiger partial charge in [0.2, 0.25) is 0 Å². The molecular formula is C10H8BrClS. The van der Waals surface area contributed by atoms with Crippen LogP contribution in [-0.2, 0) is 0 Å². The van der Waals surface area contributed by atoms with Gasteiger partial charge in [-0.2, -0.15) is 12.6 Å². The molecule has 68 valence electrons. The molecule has 0 aliphatic rings.